The molecule has 0 radical (unpaired) electrons. The van der Waals surface area contributed by atoms with Crippen molar-refractivity contribution in [3.63, 3.8) is 0 Å². The van der Waals surface area contributed by atoms with E-state index in [9.17, 15) is 9.59 Å². The molecule has 1 N–H and O–H groups in total. The summed E-state index contributed by atoms with van der Waals surface area (Å²) in [5, 5.41) is 2.74. The maximum Gasteiger partial charge on any atom is 0.325 e. The average Bonchev–Trinajstić information content (AvgIpc) is 2.78. The minimum atomic E-state index is -0.999. The smallest absolute Gasteiger partial charge is 0.325 e. The van der Waals surface area contributed by atoms with Gasteiger partial charge in [-0.1, -0.05) is 51.7 Å². The lowest BCUT2D eigenvalue weighted by Gasteiger charge is -2.21. The number of ether oxygens (including phenoxy) is 1. The number of amides is 3. The van der Waals surface area contributed by atoms with Gasteiger partial charge in [0.15, 0.2) is 0 Å². The summed E-state index contributed by atoms with van der Waals surface area (Å²) in [6.07, 6.45) is 6.09. The summed E-state index contributed by atoms with van der Waals surface area (Å²) >= 11 is 0. The molecule has 1 saturated heterocycles. The molecule has 1 fully saturated rings. The highest BCUT2D eigenvalue weighted by molar-refractivity contribution is 6.06. The largest absolute Gasteiger partial charge is 0.494 e. The predicted octanol–water partition coefficient (Wildman–Crippen LogP) is 4.07. The van der Waals surface area contributed by atoms with Gasteiger partial charge < -0.3 is 10.1 Å². The molecule has 0 aromatic heterocycles. The van der Waals surface area contributed by atoms with Crippen LogP contribution in [0.25, 0.3) is 0 Å². The number of hydrogen-bond donors (Lipinski definition) is 1. The van der Waals surface area contributed by atoms with E-state index in [2.05, 4.69) is 19.2 Å². The molecule has 5 nitrogen and oxygen atoms in total. The third-order valence-corrected chi connectivity index (χ3v) is 4.77. The molecule has 138 valence electrons. The summed E-state index contributed by atoms with van der Waals surface area (Å²) in [6.45, 7) is 6.95. The Morgan fingerprint density at radius 3 is 2.28 bits per heavy atom. The Labute approximate surface area is 150 Å². The first kappa shape index (κ1) is 19.3. The van der Waals surface area contributed by atoms with E-state index in [0.717, 1.165) is 28.6 Å². The second-order valence-electron chi connectivity index (χ2n) is 7.39. The Morgan fingerprint density at radius 1 is 1.08 bits per heavy atom. The monoisotopic (exact) mass is 346 g/mol. The van der Waals surface area contributed by atoms with Crippen molar-refractivity contribution in [1.82, 2.24) is 10.2 Å². The van der Waals surface area contributed by atoms with E-state index >= 15 is 0 Å². The molecular weight excluding hydrogens is 316 g/mol. The van der Waals surface area contributed by atoms with Crippen LogP contribution in [0.1, 0.15) is 58.4 Å². The van der Waals surface area contributed by atoms with Crippen LogP contribution in [0.4, 0.5) is 4.79 Å². The third-order valence-electron chi connectivity index (χ3n) is 4.77. The van der Waals surface area contributed by atoms with E-state index in [0.29, 0.717) is 6.61 Å². The maximum absolute atomic E-state index is 12.3. The number of urea groups is 1. The van der Waals surface area contributed by atoms with E-state index in [1.807, 2.05) is 24.3 Å². The molecule has 25 heavy (non-hydrogen) atoms. The predicted molar refractivity (Wildman–Crippen MR) is 98.5 cm³/mol. The molecular formula is C20H30N2O3. The van der Waals surface area contributed by atoms with Gasteiger partial charge in [-0.3, -0.25) is 9.69 Å². The zero-order chi connectivity index (χ0) is 18.4. The lowest BCUT2D eigenvalue weighted by molar-refractivity contribution is -0.130. The van der Waals surface area contributed by atoms with Crippen molar-refractivity contribution in [1.29, 1.82) is 0 Å². The van der Waals surface area contributed by atoms with Gasteiger partial charge in [-0.15, -0.1) is 0 Å². The second-order valence-corrected chi connectivity index (χ2v) is 7.39. The molecule has 1 aromatic rings. The lowest BCUT2D eigenvalue weighted by Crippen LogP contribution is -2.40. The van der Waals surface area contributed by atoms with Crippen molar-refractivity contribution >= 4 is 11.9 Å². The maximum atomic E-state index is 12.3. The van der Waals surface area contributed by atoms with Crippen molar-refractivity contribution in [2.24, 2.45) is 5.92 Å². The van der Waals surface area contributed by atoms with Gasteiger partial charge in [-0.05, 0) is 37.0 Å². The van der Waals surface area contributed by atoms with Crippen molar-refractivity contribution in [3.05, 3.63) is 29.8 Å². The summed E-state index contributed by atoms with van der Waals surface area (Å²) < 4.78 is 5.77. The van der Waals surface area contributed by atoms with E-state index in [4.69, 9.17) is 4.74 Å². The van der Waals surface area contributed by atoms with E-state index in [1.165, 1.54) is 32.7 Å². The normalized spacial score (nSPS) is 20.3. The standard InChI is InChI=1S/C20H30N2O3/c1-15(2)9-7-5-6-8-14-25-17-12-10-16(11-13-17)20(3)18(23)22(4)19(24)21-20/h10-13,15H,5-9,14H2,1-4H3,(H,21,24)/t20-/m1/s1. The Kier molecular flexibility index (Phi) is 6.45. The first-order valence-electron chi connectivity index (χ1n) is 9.18. The minimum Gasteiger partial charge on any atom is -0.494 e. The van der Waals surface area contributed by atoms with Gasteiger partial charge >= 0.3 is 6.03 Å². The summed E-state index contributed by atoms with van der Waals surface area (Å²) in [7, 11) is 1.49. The molecule has 1 heterocycles. The van der Waals surface area contributed by atoms with Crippen molar-refractivity contribution < 1.29 is 14.3 Å². The van der Waals surface area contributed by atoms with Crippen LogP contribution in [-0.2, 0) is 10.3 Å². The number of nitrogens with zero attached hydrogens (tertiary/aromatic N) is 1. The Hall–Kier alpha value is -2.04. The van der Waals surface area contributed by atoms with Crippen LogP contribution in [0.2, 0.25) is 0 Å². The molecule has 1 aromatic carbocycles. The van der Waals surface area contributed by atoms with Crippen molar-refractivity contribution in [2.75, 3.05) is 13.7 Å². The van der Waals surface area contributed by atoms with E-state index < -0.39 is 5.54 Å². The average molecular weight is 346 g/mol. The molecule has 2 rings (SSSR count). The highest BCUT2D eigenvalue weighted by atomic mass is 16.5. The fraction of sp³-hybridized carbons (Fsp3) is 0.600. The van der Waals surface area contributed by atoms with Crippen LogP contribution in [0.3, 0.4) is 0 Å². The fourth-order valence-corrected chi connectivity index (χ4v) is 3.06. The molecule has 3 amide bonds. The van der Waals surface area contributed by atoms with Crippen LogP contribution in [0.5, 0.6) is 5.75 Å². The van der Waals surface area contributed by atoms with Crippen molar-refractivity contribution in [2.45, 2.75) is 58.4 Å². The zero-order valence-electron chi connectivity index (χ0n) is 15.8. The van der Waals surface area contributed by atoms with Gasteiger partial charge in [-0.2, -0.15) is 0 Å². The molecule has 1 aliphatic heterocycles. The highest BCUT2D eigenvalue weighted by Crippen LogP contribution is 2.29. The number of rotatable bonds is 9. The van der Waals surface area contributed by atoms with E-state index in [1.54, 1.807) is 6.92 Å². The van der Waals surface area contributed by atoms with E-state index in [-0.39, 0.29) is 11.9 Å². The second kappa shape index (κ2) is 8.37. The molecule has 1 aliphatic rings. The molecule has 0 unspecified atom stereocenters. The number of carbonyl (C=O) groups is 2. The first-order chi connectivity index (χ1) is 11.8. The number of carbonyl (C=O) groups excluding carboxylic acids is 2. The number of unbranched alkanes of at least 4 members (excludes halogenated alkanes) is 3. The molecule has 0 spiro atoms. The third kappa shape index (κ3) is 4.74. The van der Waals surface area contributed by atoms with Crippen molar-refractivity contribution in [3.8, 4) is 5.75 Å². The lowest BCUT2D eigenvalue weighted by atomic mass is 9.92. The first-order valence-corrected chi connectivity index (χ1v) is 9.18. The quantitative estimate of drug-likeness (QED) is 0.542. The van der Waals surface area contributed by atoms with Crippen LogP contribution in [0, 0.1) is 5.92 Å². The Morgan fingerprint density at radius 2 is 1.72 bits per heavy atom. The molecule has 1 atom stereocenters. The van der Waals surface area contributed by atoms with Crippen LogP contribution < -0.4 is 10.1 Å². The summed E-state index contributed by atoms with van der Waals surface area (Å²) in [6, 6.07) is 7.03. The molecule has 5 heteroatoms. The highest BCUT2D eigenvalue weighted by Gasteiger charge is 2.47. The zero-order valence-corrected chi connectivity index (χ0v) is 15.8. The topological polar surface area (TPSA) is 58.6 Å². The number of imide groups is 1. The SMILES string of the molecule is CC(C)CCCCCCOc1ccc([C@@]2(C)NC(=O)N(C)C2=O)cc1. The molecule has 0 aliphatic carbocycles. The van der Waals surface area contributed by atoms with Gasteiger partial charge in [-0.25, -0.2) is 4.79 Å². The van der Waals surface area contributed by atoms with Crippen LogP contribution in [-0.4, -0.2) is 30.5 Å². The number of benzene rings is 1. The fourth-order valence-electron chi connectivity index (χ4n) is 3.06. The Balaban J connectivity index is 1.79. The van der Waals surface area contributed by atoms with Crippen LogP contribution in [0.15, 0.2) is 24.3 Å². The van der Waals surface area contributed by atoms with Gasteiger partial charge in [0, 0.05) is 7.05 Å². The molecule has 0 bridgehead atoms. The van der Waals surface area contributed by atoms with Crippen LogP contribution >= 0.6 is 0 Å². The summed E-state index contributed by atoms with van der Waals surface area (Å²) in [5.74, 6) is 1.33. The summed E-state index contributed by atoms with van der Waals surface area (Å²) in [5.41, 5.74) is -0.239. The Bertz CT molecular complexity index is 597. The van der Waals surface area contributed by atoms with Gasteiger partial charge in [0.2, 0.25) is 0 Å². The van der Waals surface area contributed by atoms with Gasteiger partial charge in [0.25, 0.3) is 5.91 Å². The number of hydrogen-bond acceptors (Lipinski definition) is 3. The number of likely N-dealkylation sites (N-methyl/N-ethyl adjacent to an activating group) is 1. The summed E-state index contributed by atoms with van der Waals surface area (Å²) in [4.78, 5) is 25.1. The van der Waals surface area contributed by atoms with Gasteiger partial charge in [0.05, 0.1) is 6.61 Å². The minimum absolute atomic E-state index is 0.243. The molecule has 0 saturated carbocycles. The number of nitrogens with one attached hydrogen (secondary N) is 1. The van der Waals surface area contributed by atoms with Gasteiger partial charge in [0.1, 0.15) is 11.3 Å².